The van der Waals surface area contributed by atoms with Crippen molar-refractivity contribution in [1.29, 1.82) is 0 Å². The molecule has 0 bridgehead atoms. The highest BCUT2D eigenvalue weighted by atomic mass is 16.3. The first-order valence-electron chi connectivity index (χ1n) is 7.45. The van der Waals surface area contributed by atoms with E-state index in [0.29, 0.717) is 0 Å². The van der Waals surface area contributed by atoms with E-state index in [1.165, 1.54) is 44.9 Å². The normalized spacial score (nSPS) is 15.2. The molecule has 0 rings (SSSR count). The third-order valence-corrected chi connectivity index (χ3v) is 3.43. The molecule has 0 fully saturated rings. The maximum Gasteiger partial charge on any atom is 0.0821 e. The van der Waals surface area contributed by atoms with Crippen LogP contribution in [0.1, 0.15) is 78.6 Å². The molecule has 17 heavy (non-hydrogen) atoms. The molecule has 2 unspecified atom stereocenters. The van der Waals surface area contributed by atoms with E-state index in [1.807, 2.05) is 13.8 Å². The van der Waals surface area contributed by atoms with Gasteiger partial charge in [0.1, 0.15) is 0 Å². The fourth-order valence-corrected chi connectivity index (χ4v) is 2.10. The Morgan fingerprint density at radius 1 is 0.765 bits per heavy atom. The largest absolute Gasteiger partial charge is 0.390 e. The first-order chi connectivity index (χ1) is 8.09. The van der Waals surface area contributed by atoms with Gasteiger partial charge in [-0.15, -0.1) is 0 Å². The summed E-state index contributed by atoms with van der Waals surface area (Å²) in [5.41, 5.74) is 0. The Balaban J connectivity index is 3.27. The fraction of sp³-hybridized carbons (Fsp3) is 1.00. The van der Waals surface area contributed by atoms with E-state index in [1.54, 1.807) is 0 Å². The summed E-state index contributed by atoms with van der Waals surface area (Å²) in [5, 5.41) is 19.4. The molecule has 2 N–H and O–H groups in total. The van der Waals surface area contributed by atoms with Crippen molar-refractivity contribution >= 4 is 0 Å². The molecule has 0 aliphatic carbocycles. The summed E-state index contributed by atoms with van der Waals surface area (Å²) in [6.07, 6.45) is 9.86. The zero-order chi connectivity index (χ0) is 13.1. The van der Waals surface area contributed by atoms with Crippen LogP contribution in [0, 0.1) is 5.92 Å². The van der Waals surface area contributed by atoms with Gasteiger partial charge in [-0.05, 0) is 12.3 Å². The smallest absolute Gasteiger partial charge is 0.0821 e. The Bertz CT molecular complexity index is 157. The first kappa shape index (κ1) is 16.9. The summed E-state index contributed by atoms with van der Waals surface area (Å²) in [5.74, 6) is 0.152. The average molecular weight is 244 g/mol. The molecule has 2 heteroatoms. The molecule has 0 aromatic heterocycles. The predicted octanol–water partition coefficient (Wildman–Crippen LogP) is 3.90. The van der Waals surface area contributed by atoms with E-state index in [2.05, 4.69) is 6.92 Å². The fourth-order valence-electron chi connectivity index (χ4n) is 2.10. The van der Waals surface area contributed by atoms with Crippen molar-refractivity contribution < 1.29 is 10.2 Å². The maximum absolute atomic E-state index is 9.71. The predicted molar refractivity (Wildman–Crippen MR) is 74.1 cm³/mol. The van der Waals surface area contributed by atoms with Gasteiger partial charge in [-0.3, -0.25) is 0 Å². The molecule has 0 aliphatic rings. The number of unbranched alkanes of at least 4 members (excludes halogenated alkanes) is 7. The Hall–Kier alpha value is -0.0800. The van der Waals surface area contributed by atoms with Gasteiger partial charge in [0.05, 0.1) is 12.2 Å². The molecule has 0 aromatic rings. The minimum Gasteiger partial charge on any atom is -0.390 e. The van der Waals surface area contributed by atoms with E-state index < -0.39 is 12.2 Å². The van der Waals surface area contributed by atoms with Gasteiger partial charge in [0, 0.05) is 0 Å². The highest BCUT2D eigenvalue weighted by molar-refractivity contribution is 4.70. The van der Waals surface area contributed by atoms with Gasteiger partial charge in [-0.2, -0.15) is 0 Å². The first-order valence-corrected chi connectivity index (χ1v) is 7.45. The van der Waals surface area contributed by atoms with Crippen LogP contribution in [0.2, 0.25) is 0 Å². The quantitative estimate of drug-likeness (QED) is 0.541. The summed E-state index contributed by atoms with van der Waals surface area (Å²) in [6, 6.07) is 0. The Morgan fingerprint density at radius 2 is 1.24 bits per heavy atom. The van der Waals surface area contributed by atoms with Crippen molar-refractivity contribution in [2.75, 3.05) is 0 Å². The van der Waals surface area contributed by atoms with Crippen molar-refractivity contribution in [3.8, 4) is 0 Å². The van der Waals surface area contributed by atoms with Crippen molar-refractivity contribution in [2.24, 2.45) is 5.92 Å². The number of aliphatic hydroxyl groups is 2. The lowest BCUT2D eigenvalue weighted by atomic mass is 9.97. The lowest BCUT2D eigenvalue weighted by Gasteiger charge is -2.20. The maximum atomic E-state index is 9.71. The Morgan fingerprint density at radius 3 is 1.71 bits per heavy atom. The second-order valence-corrected chi connectivity index (χ2v) is 5.57. The minimum atomic E-state index is -0.556. The zero-order valence-electron chi connectivity index (χ0n) is 12.0. The molecule has 0 spiro atoms. The van der Waals surface area contributed by atoms with Crippen LogP contribution in [0.4, 0.5) is 0 Å². The van der Waals surface area contributed by atoms with Crippen LogP contribution in [0.5, 0.6) is 0 Å². The number of hydrogen-bond acceptors (Lipinski definition) is 2. The molecule has 0 amide bonds. The second kappa shape index (κ2) is 11.0. The standard InChI is InChI=1S/C15H32O2/c1-4-5-6-7-8-9-10-11-12-14(16)15(17)13(2)3/h13-17H,4-12H2,1-3H3. The summed E-state index contributed by atoms with van der Waals surface area (Å²) >= 11 is 0. The highest BCUT2D eigenvalue weighted by Crippen LogP contribution is 2.14. The van der Waals surface area contributed by atoms with Crippen LogP contribution in [-0.4, -0.2) is 22.4 Å². The third kappa shape index (κ3) is 9.61. The highest BCUT2D eigenvalue weighted by Gasteiger charge is 2.18. The van der Waals surface area contributed by atoms with Crippen molar-refractivity contribution in [3.05, 3.63) is 0 Å². The van der Waals surface area contributed by atoms with Crippen LogP contribution in [0.3, 0.4) is 0 Å². The number of rotatable bonds is 11. The summed E-state index contributed by atoms with van der Waals surface area (Å²) < 4.78 is 0. The van der Waals surface area contributed by atoms with Crippen LogP contribution < -0.4 is 0 Å². The molecular weight excluding hydrogens is 212 g/mol. The number of hydrogen-bond donors (Lipinski definition) is 2. The van der Waals surface area contributed by atoms with Crippen molar-refractivity contribution in [2.45, 2.75) is 90.8 Å². The summed E-state index contributed by atoms with van der Waals surface area (Å²) in [4.78, 5) is 0. The van der Waals surface area contributed by atoms with E-state index in [9.17, 15) is 10.2 Å². The van der Waals surface area contributed by atoms with Gasteiger partial charge >= 0.3 is 0 Å². The molecule has 104 valence electrons. The lowest BCUT2D eigenvalue weighted by Crippen LogP contribution is -2.30. The van der Waals surface area contributed by atoms with Gasteiger partial charge in [0.2, 0.25) is 0 Å². The van der Waals surface area contributed by atoms with Gasteiger partial charge in [0.25, 0.3) is 0 Å². The van der Waals surface area contributed by atoms with Gasteiger partial charge in [0.15, 0.2) is 0 Å². The summed E-state index contributed by atoms with van der Waals surface area (Å²) in [7, 11) is 0. The van der Waals surface area contributed by atoms with Gasteiger partial charge < -0.3 is 10.2 Å². The number of aliphatic hydroxyl groups excluding tert-OH is 2. The molecule has 0 aliphatic heterocycles. The van der Waals surface area contributed by atoms with Crippen LogP contribution in [0.15, 0.2) is 0 Å². The second-order valence-electron chi connectivity index (χ2n) is 5.57. The van der Waals surface area contributed by atoms with E-state index in [0.717, 1.165) is 12.8 Å². The van der Waals surface area contributed by atoms with Crippen LogP contribution >= 0.6 is 0 Å². The molecule has 2 nitrogen and oxygen atoms in total. The van der Waals surface area contributed by atoms with E-state index in [4.69, 9.17) is 0 Å². The molecule has 0 saturated heterocycles. The SMILES string of the molecule is CCCCCCCCCCC(O)C(O)C(C)C. The topological polar surface area (TPSA) is 40.5 Å². The third-order valence-electron chi connectivity index (χ3n) is 3.43. The van der Waals surface area contributed by atoms with Crippen molar-refractivity contribution in [3.63, 3.8) is 0 Å². The monoisotopic (exact) mass is 244 g/mol. The van der Waals surface area contributed by atoms with Gasteiger partial charge in [-0.25, -0.2) is 0 Å². The molecular formula is C15H32O2. The molecule has 2 atom stereocenters. The molecule has 0 radical (unpaired) electrons. The van der Waals surface area contributed by atoms with Crippen molar-refractivity contribution in [1.82, 2.24) is 0 Å². The zero-order valence-corrected chi connectivity index (χ0v) is 12.0. The van der Waals surface area contributed by atoms with Gasteiger partial charge in [-0.1, -0.05) is 72.1 Å². The Labute approximate surface area is 107 Å². The van der Waals surface area contributed by atoms with E-state index >= 15 is 0 Å². The molecule has 0 saturated carbocycles. The minimum absolute atomic E-state index is 0.152. The Kier molecular flexibility index (Phi) is 11.0. The average Bonchev–Trinajstić information content (AvgIpc) is 2.31. The molecule has 0 heterocycles. The lowest BCUT2D eigenvalue weighted by molar-refractivity contribution is -0.0132. The van der Waals surface area contributed by atoms with Crippen LogP contribution in [-0.2, 0) is 0 Å². The summed E-state index contributed by atoms with van der Waals surface area (Å²) in [6.45, 7) is 6.13. The van der Waals surface area contributed by atoms with Crippen LogP contribution in [0.25, 0.3) is 0 Å². The molecule has 0 aromatic carbocycles. The van der Waals surface area contributed by atoms with E-state index in [-0.39, 0.29) is 5.92 Å².